The first-order valence-electron chi connectivity index (χ1n) is 8.67. The van der Waals surface area contributed by atoms with Gasteiger partial charge < -0.3 is 9.47 Å². The highest BCUT2D eigenvalue weighted by molar-refractivity contribution is 6.09. The summed E-state index contributed by atoms with van der Waals surface area (Å²) in [6.45, 7) is 0. The summed E-state index contributed by atoms with van der Waals surface area (Å²) in [6.07, 6.45) is 0. The summed E-state index contributed by atoms with van der Waals surface area (Å²) in [6, 6.07) is 26.0. The Bertz CT molecular complexity index is 1300. The molecule has 5 rings (SSSR count). The number of benzene rings is 5. The molecule has 0 atom stereocenters. The first kappa shape index (κ1) is 15.0. The number of hydrogen-bond donors (Lipinski definition) is 0. The second-order valence-corrected chi connectivity index (χ2v) is 6.65. The zero-order valence-electron chi connectivity index (χ0n) is 14.7. The standard InChI is InChI=1S/C24H18O2/c1-25-22-12-21-11-19-9-17-7-15-5-3-4-6-16(15)8-18(17)10-20(19)13-23(21)24(14-22)26-2/h3-14H,1-2H3. The Morgan fingerprint density at radius 3 is 1.62 bits per heavy atom. The minimum absolute atomic E-state index is 0.806. The van der Waals surface area contributed by atoms with Gasteiger partial charge in [-0.15, -0.1) is 0 Å². The van der Waals surface area contributed by atoms with Crippen LogP contribution >= 0.6 is 0 Å². The minimum Gasteiger partial charge on any atom is -0.497 e. The van der Waals surface area contributed by atoms with E-state index in [1.54, 1.807) is 14.2 Å². The van der Waals surface area contributed by atoms with Crippen molar-refractivity contribution in [1.29, 1.82) is 0 Å². The lowest BCUT2D eigenvalue weighted by molar-refractivity contribution is 0.398. The molecule has 2 heteroatoms. The minimum atomic E-state index is 0.806. The van der Waals surface area contributed by atoms with Crippen molar-refractivity contribution in [2.45, 2.75) is 0 Å². The predicted molar refractivity (Wildman–Crippen MR) is 110 cm³/mol. The van der Waals surface area contributed by atoms with Gasteiger partial charge in [0.05, 0.1) is 14.2 Å². The molecule has 0 N–H and O–H groups in total. The number of hydrogen-bond acceptors (Lipinski definition) is 2. The van der Waals surface area contributed by atoms with E-state index in [0.29, 0.717) is 0 Å². The van der Waals surface area contributed by atoms with Crippen LogP contribution in [0.25, 0.3) is 43.1 Å². The average Bonchev–Trinajstić information content (AvgIpc) is 2.68. The Morgan fingerprint density at radius 2 is 1.04 bits per heavy atom. The molecular formula is C24H18O2. The maximum atomic E-state index is 5.58. The van der Waals surface area contributed by atoms with E-state index in [1.165, 1.54) is 32.3 Å². The molecule has 0 bridgehead atoms. The van der Waals surface area contributed by atoms with Gasteiger partial charge in [-0.25, -0.2) is 0 Å². The first-order valence-corrected chi connectivity index (χ1v) is 8.67. The summed E-state index contributed by atoms with van der Waals surface area (Å²) in [5.74, 6) is 1.64. The van der Waals surface area contributed by atoms with Crippen molar-refractivity contribution >= 4 is 43.1 Å². The van der Waals surface area contributed by atoms with Crippen molar-refractivity contribution < 1.29 is 9.47 Å². The zero-order chi connectivity index (χ0) is 17.7. The van der Waals surface area contributed by atoms with Gasteiger partial charge in [-0.3, -0.25) is 0 Å². The lowest BCUT2D eigenvalue weighted by Crippen LogP contribution is -1.89. The molecule has 126 valence electrons. The molecule has 0 amide bonds. The topological polar surface area (TPSA) is 18.5 Å². The van der Waals surface area contributed by atoms with Crippen LogP contribution in [0.3, 0.4) is 0 Å². The van der Waals surface area contributed by atoms with Crippen LogP contribution < -0.4 is 9.47 Å². The molecule has 0 saturated heterocycles. The molecule has 5 aromatic rings. The van der Waals surface area contributed by atoms with E-state index in [0.717, 1.165) is 22.3 Å². The monoisotopic (exact) mass is 338 g/mol. The molecule has 2 nitrogen and oxygen atoms in total. The van der Waals surface area contributed by atoms with Crippen LogP contribution in [0.2, 0.25) is 0 Å². The molecular weight excluding hydrogens is 320 g/mol. The van der Waals surface area contributed by atoms with Gasteiger partial charge in [0.15, 0.2) is 0 Å². The average molecular weight is 338 g/mol. The molecule has 0 saturated carbocycles. The number of fused-ring (bicyclic) bond motifs is 4. The van der Waals surface area contributed by atoms with Gasteiger partial charge in [-0.2, -0.15) is 0 Å². The van der Waals surface area contributed by atoms with E-state index in [-0.39, 0.29) is 0 Å². The third kappa shape index (κ3) is 2.26. The maximum Gasteiger partial charge on any atom is 0.130 e. The van der Waals surface area contributed by atoms with Gasteiger partial charge in [-0.05, 0) is 80.2 Å². The molecule has 0 aliphatic rings. The second kappa shape index (κ2) is 5.63. The van der Waals surface area contributed by atoms with Gasteiger partial charge in [0, 0.05) is 11.5 Å². The van der Waals surface area contributed by atoms with E-state index in [9.17, 15) is 0 Å². The third-order valence-electron chi connectivity index (χ3n) is 5.12. The quantitative estimate of drug-likeness (QED) is 0.351. The van der Waals surface area contributed by atoms with Crippen molar-refractivity contribution in [3.8, 4) is 11.5 Å². The lowest BCUT2D eigenvalue weighted by atomic mass is 9.97. The van der Waals surface area contributed by atoms with Crippen LogP contribution in [0, 0.1) is 0 Å². The summed E-state index contributed by atoms with van der Waals surface area (Å²) >= 11 is 0. The summed E-state index contributed by atoms with van der Waals surface area (Å²) < 4.78 is 11.0. The van der Waals surface area contributed by atoms with Crippen molar-refractivity contribution in [3.05, 3.63) is 72.8 Å². The highest BCUT2D eigenvalue weighted by atomic mass is 16.5. The van der Waals surface area contributed by atoms with Crippen molar-refractivity contribution in [2.24, 2.45) is 0 Å². The van der Waals surface area contributed by atoms with Crippen molar-refractivity contribution in [1.82, 2.24) is 0 Å². The van der Waals surface area contributed by atoms with Gasteiger partial charge in [0.1, 0.15) is 11.5 Å². The first-order chi connectivity index (χ1) is 12.7. The molecule has 0 radical (unpaired) electrons. The molecule has 0 aromatic heterocycles. The van der Waals surface area contributed by atoms with Crippen LogP contribution in [-0.2, 0) is 0 Å². The maximum absolute atomic E-state index is 5.58. The Morgan fingerprint density at radius 1 is 0.500 bits per heavy atom. The van der Waals surface area contributed by atoms with Crippen LogP contribution in [-0.4, -0.2) is 14.2 Å². The molecule has 0 heterocycles. The van der Waals surface area contributed by atoms with E-state index >= 15 is 0 Å². The molecule has 0 aliphatic heterocycles. The number of ether oxygens (including phenoxy) is 2. The fourth-order valence-electron chi connectivity index (χ4n) is 3.78. The predicted octanol–water partition coefficient (Wildman–Crippen LogP) is 6.32. The van der Waals surface area contributed by atoms with E-state index in [2.05, 4.69) is 66.7 Å². The normalized spacial score (nSPS) is 11.5. The van der Waals surface area contributed by atoms with Gasteiger partial charge in [0.25, 0.3) is 0 Å². The summed E-state index contributed by atoms with van der Waals surface area (Å²) in [5, 5.41) is 9.69. The Hall–Kier alpha value is -3.26. The Kier molecular flexibility index (Phi) is 3.26. The van der Waals surface area contributed by atoms with Crippen LogP contribution in [0.5, 0.6) is 11.5 Å². The fraction of sp³-hybridized carbons (Fsp3) is 0.0833. The highest BCUT2D eigenvalue weighted by Gasteiger charge is 2.08. The second-order valence-electron chi connectivity index (χ2n) is 6.65. The third-order valence-corrected chi connectivity index (χ3v) is 5.12. The van der Waals surface area contributed by atoms with Gasteiger partial charge >= 0.3 is 0 Å². The van der Waals surface area contributed by atoms with Crippen LogP contribution in [0.4, 0.5) is 0 Å². The summed E-state index contributed by atoms with van der Waals surface area (Å²) in [5.41, 5.74) is 0. The molecule has 26 heavy (non-hydrogen) atoms. The molecule has 0 aliphatic carbocycles. The molecule has 0 fully saturated rings. The summed E-state index contributed by atoms with van der Waals surface area (Å²) in [7, 11) is 3.38. The smallest absolute Gasteiger partial charge is 0.130 e. The largest absolute Gasteiger partial charge is 0.497 e. The molecule has 0 spiro atoms. The van der Waals surface area contributed by atoms with Crippen molar-refractivity contribution in [2.75, 3.05) is 14.2 Å². The number of rotatable bonds is 2. The van der Waals surface area contributed by atoms with Crippen LogP contribution in [0.15, 0.2) is 72.8 Å². The lowest BCUT2D eigenvalue weighted by Gasteiger charge is -2.11. The van der Waals surface area contributed by atoms with E-state index in [1.807, 2.05) is 6.07 Å². The van der Waals surface area contributed by atoms with E-state index in [4.69, 9.17) is 9.47 Å². The van der Waals surface area contributed by atoms with Crippen molar-refractivity contribution in [3.63, 3.8) is 0 Å². The van der Waals surface area contributed by atoms with Gasteiger partial charge in [-0.1, -0.05) is 24.3 Å². The van der Waals surface area contributed by atoms with Gasteiger partial charge in [0.2, 0.25) is 0 Å². The highest BCUT2D eigenvalue weighted by Crippen LogP contribution is 2.36. The van der Waals surface area contributed by atoms with E-state index < -0.39 is 0 Å². The number of methoxy groups -OCH3 is 2. The zero-order valence-corrected chi connectivity index (χ0v) is 14.7. The summed E-state index contributed by atoms with van der Waals surface area (Å²) in [4.78, 5) is 0. The molecule has 5 aromatic carbocycles. The Balaban J connectivity index is 1.86. The van der Waals surface area contributed by atoms with Crippen LogP contribution in [0.1, 0.15) is 0 Å². The fourth-order valence-corrected chi connectivity index (χ4v) is 3.78. The Labute approximate surface area is 151 Å². The SMILES string of the molecule is COc1cc(OC)c2cc3cc4cc5ccccc5cc4cc3cc2c1. The molecule has 0 unspecified atom stereocenters.